The second kappa shape index (κ2) is 1.20. The van der Waals surface area contributed by atoms with Gasteiger partial charge >= 0.3 is 0 Å². The lowest BCUT2D eigenvalue weighted by Gasteiger charge is -2.03. The van der Waals surface area contributed by atoms with E-state index in [-0.39, 0.29) is 0 Å². The number of ether oxygens (including phenoxy) is 2. The lowest BCUT2D eigenvalue weighted by atomic mass is 10.2. The van der Waals surface area contributed by atoms with Gasteiger partial charge in [0.05, 0.1) is 12.7 Å². The topological polar surface area (TPSA) is 21.8 Å². The van der Waals surface area contributed by atoms with Crippen molar-refractivity contribution in [2.75, 3.05) is 13.2 Å². The molecule has 2 aliphatic rings. The zero-order valence-electron chi connectivity index (χ0n) is 4.09. The molecule has 0 unspecified atom stereocenters. The number of epoxide rings is 1. The Kier molecular flexibility index (Phi) is 0.664. The summed E-state index contributed by atoms with van der Waals surface area (Å²) in [6.07, 6.45) is 2.17. The Hall–Kier alpha value is -0.0800. The first-order valence-corrected chi connectivity index (χ1v) is 2.70. The van der Waals surface area contributed by atoms with Gasteiger partial charge in [0.15, 0.2) is 0 Å². The molecular weight excluding hydrogens is 92.1 g/mol. The Morgan fingerprint density at radius 1 is 1.29 bits per heavy atom. The number of hydrogen-bond donors (Lipinski definition) is 0. The van der Waals surface area contributed by atoms with Crippen molar-refractivity contribution < 1.29 is 9.47 Å². The molecule has 40 valence electrons. The van der Waals surface area contributed by atoms with Gasteiger partial charge < -0.3 is 9.47 Å². The average Bonchev–Trinajstić information content (AvgIpc) is 2.41. The highest BCUT2D eigenvalue weighted by Gasteiger charge is 2.40. The van der Waals surface area contributed by atoms with Crippen molar-refractivity contribution in [2.45, 2.75) is 18.6 Å². The van der Waals surface area contributed by atoms with Gasteiger partial charge in [-0.3, -0.25) is 0 Å². The van der Waals surface area contributed by atoms with Crippen LogP contribution in [0.15, 0.2) is 0 Å². The molecular formula is C5H8O2. The van der Waals surface area contributed by atoms with Crippen LogP contribution in [0.4, 0.5) is 0 Å². The Morgan fingerprint density at radius 3 is 2.86 bits per heavy atom. The van der Waals surface area contributed by atoms with Crippen molar-refractivity contribution in [3.05, 3.63) is 0 Å². The molecule has 0 bridgehead atoms. The lowest BCUT2D eigenvalue weighted by Crippen LogP contribution is -2.13. The molecule has 0 aromatic carbocycles. The van der Waals surface area contributed by atoms with Gasteiger partial charge in [0, 0.05) is 6.61 Å². The molecule has 0 amide bonds. The summed E-state index contributed by atoms with van der Waals surface area (Å²) in [5, 5.41) is 0. The van der Waals surface area contributed by atoms with E-state index in [2.05, 4.69) is 0 Å². The Balaban J connectivity index is 1.95. The molecule has 0 aliphatic carbocycles. The van der Waals surface area contributed by atoms with Gasteiger partial charge in [0.2, 0.25) is 0 Å². The summed E-state index contributed by atoms with van der Waals surface area (Å²) in [6.45, 7) is 1.74. The normalized spacial score (nSPS) is 48.0. The molecule has 2 atom stereocenters. The fraction of sp³-hybridized carbons (Fsp3) is 1.00. The van der Waals surface area contributed by atoms with E-state index in [1.165, 1.54) is 0 Å². The maximum absolute atomic E-state index is 5.15. The molecule has 0 aromatic heterocycles. The Bertz CT molecular complexity index is 72.1. The summed E-state index contributed by atoms with van der Waals surface area (Å²) < 4.78 is 10.3. The van der Waals surface area contributed by atoms with Gasteiger partial charge in [-0.25, -0.2) is 0 Å². The minimum absolute atomic E-state index is 0.480. The molecule has 2 heterocycles. The molecule has 2 rings (SSSR count). The van der Waals surface area contributed by atoms with Gasteiger partial charge in [-0.2, -0.15) is 0 Å². The van der Waals surface area contributed by atoms with Gasteiger partial charge in [-0.05, 0) is 6.42 Å². The minimum Gasteiger partial charge on any atom is -0.379 e. The van der Waals surface area contributed by atoms with E-state index in [9.17, 15) is 0 Å². The summed E-state index contributed by atoms with van der Waals surface area (Å²) in [5.41, 5.74) is 0. The SMILES string of the molecule is C1C[C@@H]2O[C@H]2CO1. The van der Waals surface area contributed by atoms with E-state index in [1.807, 2.05) is 0 Å². The summed E-state index contributed by atoms with van der Waals surface area (Å²) >= 11 is 0. The van der Waals surface area contributed by atoms with Crippen LogP contribution in [-0.4, -0.2) is 25.4 Å². The highest BCUT2D eigenvalue weighted by atomic mass is 16.6. The third-order valence-electron chi connectivity index (χ3n) is 1.52. The van der Waals surface area contributed by atoms with Crippen molar-refractivity contribution in [1.29, 1.82) is 0 Å². The molecule has 7 heavy (non-hydrogen) atoms. The van der Waals surface area contributed by atoms with Crippen molar-refractivity contribution >= 4 is 0 Å². The number of rotatable bonds is 0. The van der Waals surface area contributed by atoms with E-state index in [0.29, 0.717) is 12.2 Å². The van der Waals surface area contributed by atoms with E-state index in [4.69, 9.17) is 9.47 Å². The van der Waals surface area contributed by atoms with Crippen LogP contribution in [-0.2, 0) is 9.47 Å². The Morgan fingerprint density at radius 2 is 2.29 bits per heavy atom. The monoisotopic (exact) mass is 100 g/mol. The maximum atomic E-state index is 5.15. The van der Waals surface area contributed by atoms with E-state index in [0.717, 1.165) is 19.6 Å². The first kappa shape index (κ1) is 3.87. The molecule has 2 saturated heterocycles. The minimum atomic E-state index is 0.480. The van der Waals surface area contributed by atoms with Crippen molar-refractivity contribution in [2.24, 2.45) is 0 Å². The highest BCUT2D eigenvalue weighted by molar-refractivity contribution is 4.86. The maximum Gasteiger partial charge on any atom is 0.107 e. The highest BCUT2D eigenvalue weighted by Crippen LogP contribution is 2.28. The molecule has 0 saturated carbocycles. The summed E-state index contributed by atoms with van der Waals surface area (Å²) in [5.74, 6) is 0. The predicted octanol–water partition coefficient (Wildman–Crippen LogP) is 0.174. The van der Waals surface area contributed by atoms with Crippen molar-refractivity contribution in [3.63, 3.8) is 0 Å². The largest absolute Gasteiger partial charge is 0.379 e. The third kappa shape index (κ3) is 0.545. The van der Waals surface area contributed by atoms with Crippen LogP contribution < -0.4 is 0 Å². The predicted molar refractivity (Wildman–Crippen MR) is 24.1 cm³/mol. The standard InChI is InChI=1S/C5H8O2/c1-2-6-3-5-4(1)7-5/h4-5H,1-3H2/t4-,5-/m0/s1. The van der Waals surface area contributed by atoms with E-state index < -0.39 is 0 Å². The van der Waals surface area contributed by atoms with Crippen LogP contribution in [0.3, 0.4) is 0 Å². The molecule has 2 heteroatoms. The zero-order valence-corrected chi connectivity index (χ0v) is 4.09. The van der Waals surface area contributed by atoms with Gasteiger partial charge in [0.1, 0.15) is 6.10 Å². The fourth-order valence-electron chi connectivity index (χ4n) is 0.979. The summed E-state index contributed by atoms with van der Waals surface area (Å²) in [7, 11) is 0. The average molecular weight is 100 g/mol. The second-order valence-corrected chi connectivity index (χ2v) is 2.08. The van der Waals surface area contributed by atoms with Gasteiger partial charge in [-0.15, -0.1) is 0 Å². The smallest absolute Gasteiger partial charge is 0.107 e. The van der Waals surface area contributed by atoms with Crippen molar-refractivity contribution in [1.82, 2.24) is 0 Å². The summed E-state index contributed by atoms with van der Waals surface area (Å²) in [6, 6.07) is 0. The molecule has 2 fully saturated rings. The van der Waals surface area contributed by atoms with E-state index in [1.54, 1.807) is 0 Å². The Labute approximate surface area is 42.4 Å². The lowest BCUT2D eigenvalue weighted by molar-refractivity contribution is 0.111. The number of fused-ring (bicyclic) bond motifs is 1. The first-order valence-electron chi connectivity index (χ1n) is 2.70. The first-order chi connectivity index (χ1) is 3.47. The van der Waals surface area contributed by atoms with Crippen LogP contribution in [0.2, 0.25) is 0 Å². The van der Waals surface area contributed by atoms with Crippen LogP contribution in [0.1, 0.15) is 6.42 Å². The van der Waals surface area contributed by atoms with E-state index >= 15 is 0 Å². The third-order valence-corrected chi connectivity index (χ3v) is 1.52. The molecule has 2 nitrogen and oxygen atoms in total. The number of hydrogen-bond acceptors (Lipinski definition) is 2. The van der Waals surface area contributed by atoms with Gasteiger partial charge in [-0.1, -0.05) is 0 Å². The zero-order chi connectivity index (χ0) is 4.69. The summed E-state index contributed by atoms with van der Waals surface area (Å²) in [4.78, 5) is 0. The van der Waals surface area contributed by atoms with Crippen LogP contribution >= 0.6 is 0 Å². The van der Waals surface area contributed by atoms with Crippen molar-refractivity contribution in [3.8, 4) is 0 Å². The van der Waals surface area contributed by atoms with Crippen LogP contribution in [0.25, 0.3) is 0 Å². The van der Waals surface area contributed by atoms with Crippen LogP contribution in [0, 0.1) is 0 Å². The quantitative estimate of drug-likeness (QED) is 0.405. The fourth-order valence-corrected chi connectivity index (χ4v) is 0.979. The van der Waals surface area contributed by atoms with Gasteiger partial charge in [0.25, 0.3) is 0 Å². The second-order valence-electron chi connectivity index (χ2n) is 2.08. The molecule has 0 aromatic rings. The molecule has 0 spiro atoms. The molecule has 0 N–H and O–H groups in total. The molecule has 0 radical (unpaired) electrons. The van der Waals surface area contributed by atoms with Crippen LogP contribution in [0.5, 0.6) is 0 Å². The molecule has 2 aliphatic heterocycles.